The Kier molecular flexibility index (Phi) is 14.3. The average molecular weight is 605 g/mol. The van der Waals surface area contributed by atoms with Gasteiger partial charge in [0.2, 0.25) is 20.0 Å². The molecule has 41 heavy (non-hydrogen) atoms. The Hall–Kier alpha value is -1.74. The van der Waals surface area contributed by atoms with Crippen LogP contribution in [-0.4, -0.2) is 29.9 Å². The Morgan fingerprint density at radius 1 is 0.512 bits per heavy atom. The van der Waals surface area contributed by atoms with Crippen molar-refractivity contribution >= 4 is 20.0 Å². The van der Waals surface area contributed by atoms with Gasteiger partial charge in [-0.15, -0.1) is 0 Å². The molecule has 0 fully saturated rings. The van der Waals surface area contributed by atoms with Crippen LogP contribution in [0.4, 0.5) is 0 Å². The van der Waals surface area contributed by atoms with Crippen LogP contribution in [0.1, 0.15) is 128 Å². The highest BCUT2D eigenvalue weighted by Gasteiger charge is 2.24. The van der Waals surface area contributed by atoms with Crippen LogP contribution in [0.3, 0.4) is 0 Å². The normalized spacial score (nSPS) is 12.9. The van der Waals surface area contributed by atoms with Crippen LogP contribution in [0.15, 0.2) is 46.2 Å². The van der Waals surface area contributed by atoms with Crippen LogP contribution in [0.25, 0.3) is 11.1 Å². The standard InChI is InChI=1S/C33H52N2O4S2/c1-3-5-7-9-11-13-15-17-23-34-40(36,37)30-19-21-32-28(26-30)25-29-27-31(20-22-33(29)32)41(38,39)35-24-18-16-14-12-10-8-6-4-2/h19-22,26-27,34-35H,3-18,23-25H2,1-2H3. The fourth-order valence-electron chi connectivity index (χ4n) is 5.60. The molecule has 0 amide bonds. The third-order valence-electron chi connectivity index (χ3n) is 8.09. The van der Waals surface area contributed by atoms with E-state index in [4.69, 9.17) is 0 Å². The van der Waals surface area contributed by atoms with Gasteiger partial charge in [0.25, 0.3) is 0 Å². The first-order valence-electron chi connectivity index (χ1n) is 16.0. The second-order valence-electron chi connectivity index (χ2n) is 11.6. The van der Waals surface area contributed by atoms with E-state index < -0.39 is 20.0 Å². The Balaban J connectivity index is 1.47. The first-order valence-corrected chi connectivity index (χ1v) is 19.0. The molecule has 0 saturated carbocycles. The Morgan fingerprint density at radius 3 is 1.22 bits per heavy atom. The zero-order valence-electron chi connectivity index (χ0n) is 25.3. The van der Waals surface area contributed by atoms with Crippen LogP contribution in [-0.2, 0) is 26.5 Å². The van der Waals surface area contributed by atoms with Gasteiger partial charge >= 0.3 is 0 Å². The summed E-state index contributed by atoms with van der Waals surface area (Å²) in [5, 5.41) is 0. The second-order valence-corrected chi connectivity index (χ2v) is 15.1. The summed E-state index contributed by atoms with van der Waals surface area (Å²) in [6.45, 7) is 5.32. The van der Waals surface area contributed by atoms with E-state index in [1.807, 2.05) is 12.1 Å². The summed E-state index contributed by atoms with van der Waals surface area (Å²) < 4.78 is 57.2. The molecule has 1 aliphatic carbocycles. The fraction of sp³-hybridized carbons (Fsp3) is 0.636. The lowest BCUT2D eigenvalue weighted by molar-refractivity contribution is 0.558. The maximum Gasteiger partial charge on any atom is 0.240 e. The maximum absolute atomic E-state index is 12.9. The zero-order chi connectivity index (χ0) is 29.6. The lowest BCUT2D eigenvalue weighted by Gasteiger charge is -2.09. The fourth-order valence-corrected chi connectivity index (χ4v) is 7.84. The van der Waals surface area contributed by atoms with Crippen molar-refractivity contribution in [1.82, 2.24) is 9.44 Å². The molecule has 0 unspecified atom stereocenters. The van der Waals surface area contributed by atoms with Crippen molar-refractivity contribution in [2.45, 2.75) is 133 Å². The third-order valence-corrected chi connectivity index (χ3v) is 11.0. The van der Waals surface area contributed by atoms with Gasteiger partial charge in [0.1, 0.15) is 0 Å². The predicted molar refractivity (Wildman–Crippen MR) is 170 cm³/mol. The summed E-state index contributed by atoms with van der Waals surface area (Å²) in [5.41, 5.74) is 3.77. The molecule has 0 bridgehead atoms. The second kappa shape index (κ2) is 17.4. The van der Waals surface area contributed by atoms with Crippen LogP contribution < -0.4 is 9.44 Å². The van der Waals surface area contributed by atoms with Gasteiger partial charge in [-0.25, -0.2) is 26.3 Å². The Bertz CT molecular complexity index is 1190. The van der Waals surface area contributed by atoms with Gasteiger partial charge in [-0.2, -0.15) is 0 Å². The summed E-state index contributed by atoms with van der Waals surface area (Å²) >= 11 is 0. The van der Waals surface area contributed by atoms with E-state index in [0.29, 0.717) is 19.5 Å². The minimum Gasteiger partial charge on any atom is -0.211 e. The zero-order valence-corrected chi connectivity index (χ0v) is 27.0. The number of nitrogens with one attached hydrogen (secondary N) is 2. The molecule has 0 radical (unpaired) electrons. The van der Waals surface area contributed by atoms with E-state index in [1.165, 1.54) is 64.2 Å². The van der Waals surface area contributed by atoms with Crippen LogP contribution in [0.5, 0.6) is 0 Å². The van der Waals surface area contributed by atoms with E-state index in [9.17, 15) is 16.8 Å². The monoisotopic (exact) mass is 604 g/mol. The lowest BCUT2D eigenvalue weighted by Crippen LogP contribution is -2.24. The van der Waals surface area contributed by atoms with Gasteiger partial charge in [-0.1, -0.05) is 116 Å². The number of fused-ring (bicyclic) bond motifs is 3. The molecule has 0 heterocycles. The van der Waals surface area contributed by atoms with E-state index in [-0.39, 0.29) is 9.79 Å². The van der Waals surface area contributed by atoms with Gasteiger partial charge in [-0.05, 0) is 65.8 Å². The van der Waals surface area contributed by atoms with Crippen molar-refractivity contribution in [2.75, 3.05) is 13.1 Å². The first-order chi connectivity index (χ1) is 19.8. The molecule has 1 aliphatic rings. The Morgan fingerprint density at radius 2 is 0.854 bits per heavy atom. The SMILES string of the molecule is CCCCCCCCCCNS(=O)(=O)c1ccc2c(c1)Cc1cc(S(=O)(=O)NCCCCCCCCCC)ccc1-2. The lowest BCUT2D eigenvalue weighted by atomic mass is 10.1. The van der Waals surface area contributed by atoms with Gasteiger partial charge in [0.05, 0.1) is 9.79 Å². The molecule has 2 aromatic rings. The van der Waals surface area contributed by atoms with Gasteiger partial charge < -0.3 is 0 Å². The van der Waals surface area contributed by atoms with Crippen molar-refractivity contribution in [1.29, 1.82) is 0 Å². The van der Waals surface area contributed by atoms with Crippen molar-refractivity contribution in [3.05, 3.63) is 47.5 Å². The van der Waals surface area contributed by atoms with Gasteiger partial charge in [-0.3, -0.25) is 0 Å². The molecule has 8 heteroatoms. The topological polar surface area (TPSA) is 92.3 Å². The van der Waals surface area contributed by atoms with E-state index in [0.717, 1.165) is 60.8 Å². The van der Waals surface area contributed by atoms with Crippen LogP contribution in [0, 0.1) is 0 Å². The molecule has 2 aromatic carbocycles. The van der Waals surface area contributed by atoms with E-state index in [1.54, 1.807) is 24.3 Å². The summed E-state index contributed by atoms with van der Waals surface area (Å²) in [6.07, 6.45) is 19.2. The molecule has 0 aromatic heterocycles. The summed E-state index contributed by atoms with van der Waals surface area (Å²) in [7, 11) is -7.17. The quantitative estimate of drug-likeness (QED) is 0.113. The van der Waals surface area contributed by atoms with Crippen molar-refractivity contribution in [2.24, 2.45) is 0 Å². The van der Waals surface area contributed by atoms with E-state index in [2.05, 4.69) is 23.3 Å². The van der Waals surface area contributed by atoms with Gasteiger partial charge in [0.15, 0.2) is 0 Å². The summed E-state index contributed by atoms with van der Waals surface area (Å²) in [4.78, 5) is 0.534. The minimum atomic E-state index is -3.58. The third kappa shape index (κ3) is 10.8. The predicted octanol–water partition coefficient (Wildman–Crippen LogP) is 8.10. The van der Waals surface area contributed by atoms with Gasteiger partial charge in [0, 0.05) is 13.1 Å². The number of rotatable bonds is 22. The molecule has 2 N–H and O–H groups in total. The minimum absolute atomic E-state index is 0.267. The molecule has 3 rings (SSSR count). The first kappa shape index (κ1) is 33.8. The smallest absolute Gasteiger partial charge is 0.211 e. The van der Waals surface area contributed by atoms with Crippen LogP contribution >= 0.6 is 0 Å². The van der Waals surface area contributed by atoms with Crippen molar-refractivity contribution < 1.29 is 16.8 Å². The number of hydrogen-bond donors (Lipinski definition) is 2. The van der Waals surface area contributed by atoms with E-state index >= 15 is 0 Å². The Labute approximate surface area is 250 Å². The molecular formula is C33H52N2O4S2. The summed E-state index contributed by atoms with van der Waals surface area (Å²) in [6, 6.07) is 10.5. The molecule has 0 spiro atoms. The highest BCUT2D eigenvalue weighted by Crippen LogP contribution is 2.38. The largest absolute Gasteiger partial charge is 0.240 e. The summed E-state index contributed by atoms with van der Waals surface area (Å²) in [5.74, 6) is 0. The average Bonchev–Trinajstić information content (AvgIpc) is 3.32. The molecule has 0 saturated heterocycles. The molecule has 230 valence electrons. The highest BCUT2D eigenvalue weighted by molar-refractivity contribution is 7.89. The molecular weight excluding hydrogens is 553 g/mol. The van der Waals surface area contributed by atoms with Crippen molar-refractivity contribution in [3.63, 3.8) is 0 Å². The highest BCUT2D eigenvalue weighted by atomic mass is 32.2. The molecule has 6 nitrogen and oxygen atoms in total. The number of unbranched alkanes of at least 4 members (excludes halogenated alkanes) is 14. The number of hydrogen-bond acceptors (Lipinski definition) is 4. The van der Waals surface area contributed by atoms with Crippen LogP contribution in [0.2, 0.25) is 0 Å². The molecule has 0 aliphatic heterocycles. The number of benzene rings is 2. The maximum atomic E-state index is 12.9. The molecule has 0 atom stereocenters. The van der Waals surface area contributed by atoms with Crippen molar-refractivity contribution in [3.8, 4) is 11.1 Å². The number of sulfonamides is 2.